The number of hydrogen-bond acceptors (Lipinski definition) is 13. The number of nitrogens with zero attached hydrogens (tertiary/aromatic N) is 1. The van der Waals surface area contributed by atoms with Gasteiger partial charge in [-0.15, -0.1) is 0 Å². The molecule has 1 saturated heterocycles. The van der Waals surface area contributed by atoms with Crippen molar-refractivity contribution in [2.75, 3.05) is 45.7 Å². The molecule has 48 heavy (non-hydrogen) atoms. The molecule has 1 fully saturated rings. The van der Waals surface area contributed by atoms with Crippen molar-refractivity contribution in [2.45, 2.75) is 38.9 Å². The molecular weight excluding hydrogens is 709 g/mol. The zero-order valence-electron chi connectivity index (χ0n) is 28.8. The van der Waals surface area contributed by atoms with E-state index in [0.29, 0.717) is 33.8 Å². The molecule has 6 N–H and O–H groups in total. The van der Waals surface area contributed by atoms with Crippen molar-refractivity contribution in [2.24, 2.45) is 4.30 Å². The summed E-state index contributed by atoms with van der Waals surface area (Å²) in [4.78, 5) is 33.7. The Bertz CT molecular complexity index is 1540. The fraction of sp³-hybridized carbons (Fsp3) is 0.323. The van der Waals surface area contributed by atoms with Crippen molar-refractivity contribution in [3.63, 3.8) is 0 Å². The number of para-hydroxylation sites is 1. The Hall–Kier alpha value is -3.92. The van der Waals surface area contributed by atoms with Crippen LogP contribution in [-0.2, 0) is 23.5 Å². The molecule has 0 bridgehead atoms. The van der Waals surface area contributed by atoms with E-state index in [-0.39, 0.29) is 0 Å². The third kappa shape index (κ3) is 12.9. The Kier molecular flexibility index (Phi) is 18.5. The van der Waals surface area contributed by atoms with Gasteiger partial charge in [0, 0.05) is 21.5 Å². The topological polar surface area (TPSA) is 188 Å². The Balaban J connectivity index is 0.000000684. The summed E-state index contributed by atoms with van der Waals surface area (Å²) >= 11 is 6.42. The summed E-state index contributed by atoms with van der Waals surface area (Å²) < 4.78 is 44.6. The molecule has 17 heteroatoms. The van der Waals surface area contributed by atoms with Crippen LogP contribution in [0, 0.1) is 0 Å². The molecule has 1 radical (unpaired) electrons. The first-order valence-corrected chi connectivity index (χ1v) is 14.9. The number of alkyl halides is 1. The van der Waals surface area contributed by atoms with Crippen LogP contribution < -0.4 is 22.7 Å². The van der Waals surface area contributed by atoms with Crippen LogP contribution in [0.2, 0.25) is 0 Å². The van der Waals surface area contributed by atoms with Crippen LogP contribution >= 0.6 is 28.7 Å². The van der Waals surface area contributed by atoms with Crippen molar-refractivity contribution >= 4 is 83.9 Å². The van der Waals surface area contributed by atoms with Crippen molar-refractivity contribution in [1.29, 1.82) is 0 Å². The number of benzene rings is 3. The van der Waals surface area contributed by atoms with Crippen LogP contribution in [0.4, 0.5) is 21.5 Å². The first-order valence-electron chi connectivity index (χ1n) is 14.4. The van der Waals surface area contributed by atoms with Gasteiger partial charge < -0.3 is 40.7 Å². The Morgan fingerprint density at radius 1 is 0.812 bits per heavy atom. The molecule has 0 atom stereocenters. The zero-order valence-corrected chi connectivity index (χ0v) is 30.3. The normalized spacial score (nSPS) is 13.4. The second-order valence-electron chi connectivity index (χ2n) is 10.3. The van der Waals surface area contributed by atoms with Gasteiger partial charge in [-0.25, -0.2) is 14.4 Å². The third-order valence-corrected chi connectivity index (χ3v) is 7.29. The van der Waals surface area contributed by atoms with E-state index in [1.807, 2.05) is 27.7 Å². The van der Waals surface area contributed by atoms with Crippen LogP contribution in [0.25, 0.3) is 0 Å². The fourth-order valence-electron chi connectivity index (χ4n) is 3.59. The number of anilines is 3. The number of rotatable bonds is 4. The molecule has 0 aromatic heterocycles. The average Bonchev–Trinajstić information content (AvgIpc) is 3.28. The molecule has 1 aliphatic heterocycles. The third-order valence-electron chi connectivity index (χ3n) is 6.79. The second kappa shape index (κ2) is 21.1. The predicted molar refractivity (Wildman–Crippen MR) is 194 cm³/mol. The predicted octanol–water partition coefficient (Wildman–Crippen LogP) is 5.00. The van der Waals surface area contributed by atoms with Crippen LogP contribution in [0.3, 0.4) is 0 Å². The standard InChI is InChI=1S/C14H20BNO4.C8H8BrNO2.C8H9NO2.CH3F.BHNS/c1-13(2)14(3,4)20-15(19-13)9-6-7-11(16)10(8-9)12(17)18-5;1-12-8(11)6-4-5(9)2-3-7(6)10;1-11-8(10)6-4-2-3-5-7(6)9;1-2;1-2-3/h6-8H,16H2,1-5H3;2-4H,10H2,1H3;2-5H,9H2,1H3;1H3;3H/i;;;1D;. The number of nitrogen functional groups attached to an aromatic ring is 3. The quantitative estimate of drug-likeness (QED) is 0.0925. The number of halogens is 2. The van der Waals surface area contributed by atoms with Crippen molar-refractivity contribution in [3.8, 4) is 0 Å². The molecule has 0 amide bonds. The zero-order chi connectivity index (χ0) is 37.9. The number of carbonyl (C=O) groups is 3. The van der Waals surface area contributed by atoms with Crippen molar-refractivity contribution < 1.29 is 43.7 Å². The van der Waals surface area contributed by atoms with Gasteiger partial charge >= 0.3 is 49.8 Å². The second-order valence-corrected chi connectivity index (χ2v) is 11.5. The van der Waals surface area contributed by atoms with Crippen molar-refractivity contribution in [3.05, 3.63) is 81.8 Å². The SMILES string of the molecule is COC(=O)c1cc(B2OC(C)(C)C(C)(C)O2)ccc1N.COC(=O)c1cc(Br)ccc1N.COC(=O)c1ccccc1N.[2H]CF.[B]=NS. The van der Waals surface area contributed by atoms with Gasteiger partial charge in [0.1, 0.15) is 0 Å². The first-order chi connectivity index (χ1) is 22.9. The number of esters is 3. The molecule has 3 aromatic rings. The van der Waals surface area contributed by atoms with Gasteiger partial charge in [0.2, 0.25) is 0 Å². The molecule has 1 heterocycles. The fourth-order valence-corrected chi connectivity index (χ4v) is 3.96. The van der Waals surface area contributed by atoms with Gasteiger partial charge in [0.25, 0.3) is 0 Å². The van der Waals surface area contributed by atoms with Crippen LogP contribution in [0.5, 0.6) is 0 Å². The van der Waals surface area contributed by atoms with Crippen LogP contribution in [0.15, 0.2) is 69.4 Å². The van der Waals surface area contributed by atoms with Crippen LogP contribution in [-0.4, -0.2) is 72.4 Å². The van der Waals surface area contributed by atoms with Gasteiger partial charge in [-0.05, 0) is 75.6 Å². The minimum absolute atomic E-state index is 0.319. The van der Waals surface area contributed by atoms with Crippen molar-refractivity contribution in [1.82, 2.24) is 0 Å². The van der Waals surface area contributed by atoms with E-state index in [0.717, 1.165) is 9.94 Å². The minimum atomic E-state index is -1.00. The molecule has 0 spiro atoms. The van der Waals surface area contributed by atoms with Gasteiger partial charge in [-0.1, -0.05) is 34.1 Å². The number of carbonyl (C=O) groups excluding carboxylic acids is 3. The van der Waals surface area contributed by atoms with Gasteiger partial charge in [-0.2, -0.15) is 0 Å². The summed E-state index contributed by atoms with van der Waals surface area (Å²) in [5, 5.41) is 0. The summed E-state index contributed by atoms with van der Waals surface area (Å²) in [6, 6.07) is 16.9. The van der Waals surface area contributed by atoms with E-state index in [2.05, 4.69) is 50.2 Å². The molecular formula is C31H41B2BrFN4O8S. The maximum absolute atomic E-state index is 11.7. The number of nitrogens with two attached hydrogens (primary N) is 3. The molecule has 4 rings (SSSR count). The summed E-state index contributed by atoms with van der Waals surface area (Å²) in [6.07, 6.45) is 0. The van der Waals surface area contributed by atoms with E-state index in [9.17, 15) is 18.8 Å². The molecule has 0 unspecified atom stereocenters. The number of methoxy groups -OCH3 is 3. The number of ether oxygens (including phenoxy) is 3. The number of hydrogen-bond donors (Lipinski definition) is 4. The van der Waals surface area contributed by atoms with Gasteiger partial charge in [0.05, 0.1) is 57.7 Å². The van der Waals surface area contributed by atoms with E-state index in [1.54, 1.807) is 60.7 Å². The van der Waals surface area contributed by atoms with E-state index >= 15 is 0 Å². The summed E-state index contributed by atoms with van der Waals surface area (Å²) in [7, 11) is 6.79. The van der Waals surface area contributed by atoms with Gasteiger partial charge in [0.15, 0.2) is 0 Å². The summed E-state index contributed by atoms with van der Waals surface area (Å²) in [6.45, 7) is 7.91. The Morgan fingerprint density at radius 2 is 1.19 bits per heavy atom. The molecule has 12 nitrogen and oxygen atoms in total. The Morgan fingerprint density at radius 3 is 1.62 bits per heavy atom. The molecule has 0 saturated carbocycles. The average molecular weight is 751 g/mol. The maximum atomic E-state index is 11.7. The monoisotopic (exact) mass is 750 g/mol. The van der Waals surface area contributed by atoms with Crippen LogP contribution in [0.1, 0.15) is 60.1 Å². The summed E-state index contributed by atoms with van der Waals surface area (Å²) in [5.74, 6) is -1.29. The molecule has 259 valence electrons. The first kappa shape index (κ1) is 42.1. The van der Waals surface area contributed by atoms with E-state index in [1.165, 1.54) is 21.3 Å². The Labute approximate surface area is 297 Å². The summed E-state index contributed by atoms with van der Waals surface area (Å²) in [5.41, 5.74) is 19.1. The molecule has 0 aliphatic carbocycles. The van der Waals surface area contributed by atoms with Gasteiger partial charge in [-0.3, -0.25) is 4.39 Å². The van der Waals surface area contributed by atoms with E-state index < -0.39 is 43.4 Å². The molecule has 1 aliphatic rings. The van der Waals surface area contributed by atoms with E-state index in [4.69, 9.17) is 32.6 Å². The number of thiol groups is 1. The molecule has 3 aromatic carbocycles.